The van der Waals surface area contributed by atoms with Crippen molar-refractivity contribution in [1.29, 1.82) is 0 Å². The van der Waals surface area contributed by atoms with Gasteiger partial charge in [0, 0.05) is 26.7 Å². The average molecular weight is 598 g/mol. The fourth-order valence-electron chi connectivity index (χ4n) is 3.57. The largest absolute Gasteiger partial charge is 0.350 e. The van der Waals surface area contributed by atoms with Crippen LogP contribution < -0.4 is 15.5 Å². The van der Waals surface area contributed by atoms with Gasteiger partial charge < -0.3 is 5.32 Å². The SMILES string of the molecule is O=C(Nc1nc(-c2ccc(Br)cc2)cs1)c1cccc(NC2=C(Cl)C(=O)N(c3ccc(F)cc3)C2=O)c1. The van der Waals surface area contributed by atoms with E-state index in [9.17, 15) is 18.8 Å². The molecular weight excluding hydrogens is 583 g/mol. The highest BCUT2D eigenvalue weighted by Crippen LogP contribution is 2.31. The molecule has 5 rings (SSSR count). The Morgan fingerprint density at radius 3 is 2.46 bits per heavy atom. The van der Waals surface area contributed by atoms with Gasteiger partial charge in [0.2, 0.25) is 0 Å². The predicted molar refractivity (Wildman–Crippen MR) is 145 cm³/mol. The lowest BCUT2D eigenvalue weighted by molar-refractivity contribution is -0.120. The second kappa shape index (κ2) is 10.3. The minimum Gasteiger partial charge on any atom is -0.350 e. The first-order chi connectivity index (χ1) is 17.8. The number of thiazole rings is 1. The first-order valence-corrected chi connectivity index (χ1v) is 12.8. The zero-order valence-corrected chi connectivity index (χ0v) is 21.8. The maximum absolute atomic E-state index is 13.3. The molecule has 184 valence electrons. The van der Waals surface area contributed by atoms with E-state index in [0.29, 0.717) is 16.4 Å². The predicted octanol–water partition coefficient (Wildman–Crippen LogP) is 6.40. The average Bonchev–Trinajstić information content (AvgIpc) is 3.44. The number of halogens is 3. The van der Waals surface area contributed by atoms with E-state index in [2.05, 4.69) is 31.5 Å². The number of nitrogens with zero attached hydrogens (tertiary/aromatic N) is 2. The molecule has 3 amide bonds. The van der Waals surface area contributed by atoms with E-state index in [1.165, 1.54) is 29.5 Å². The number of aromatic nitrogens is 1. The lowest BCUT2D eigenvalue weighted by atomic mass is 10.2. The first-order valence-electron chi connectivity index (χ1n) is 10.7. The molecule has 0 aliphatic carbocycles. The maximum Gasteiger partial charge on any atom is 0.283 e. The molecule has 2 heterocycles. The van der Waals surface area contributed by atoms with Crippen molar-refractivity contribution in [2.24, 2.45) is 0 Å². The third-order valence-electron chi connectivity index (χ3n) is 5.37. The molecular formula is C26H15BrClFN4O3S. The Morgan fingerprint density at radius 2 is 1.73 bits per heavy atom. The van der Waals surface area contributed by atoms with E-state index < -0.39 is 23.5 Å². The molecule has 0 fully saturated rings. The van der Waals surface area contributed by atoms with Crippen LogP contribution in [0.3, 0.4) is 0 Å². The Kier molecular flexibility index (Phi) is 6.88. The lowest BCUT2D eigenvalue weighted by Gasteiger charge is -2.15. The number of carbonyl (C=O) groups excluding carboxylic acids is 3. The molecule has 1 aromatic heterocycles. The van der Waals surface area contributed by atoms with Gasteiger partial charge in [0.15, 0.2) is 5.13 Å². The Balaban J connectivity index is 1.30. The molecule has 0 saturated carbocycles. The van der Waals surface area contributed by atoms with Crippen molar-refractivity contribution in [3.05, 3.63) is 105 Å². The summed E-state index contributed by atoms with van der Waals surface area (Å²) in [7, 11) is 0. The van der Waals surface area contributed by atoms with Crippen LogP contribution in [0.4, 0.5) is 20.9 Å². The van der Waals surface area contributed by atoms with Crippen LogP contribution in [-0.4, -0.2) is 22.7 Å². The molecule has 4 aromatic rings. The van der Waals surface area contributed by atoms with E-state index >= 15 is 0 Å². The second-order valence-electron chi connectivity index (χ2n) is 7.82. The Hall–Kier alpha value is -3.86. The number of carbonyl (C=O) groups is 3. The Bertz CT molecular complexity index is 1570. The zero-order valence-electron chi connectivity index (χ0n) is 18.7. The van der Waals surface area contributed by atoms with Crippen LogP contribution >= 0.6 is 38.9 Å². The third kappa shape index (κ3) is 5.17. The summed E-state index contributed by atoms with van der Waals surface area (Å²) in [6.45, 7) is 0. The number of hydrogen-bond donors (Lipinski definition) is 2. The zero-order chi connectivity index (χ0) is 26.1. The highest BCUT2D eigenvalue weighted by Gasteiger charge is 2.39. The van der Waals surface area contributed by atoms with Gasteiger partial charge in [0.1, 0.15) is 16.5 Å². The van der Waals surface area contributed by atoms with Crippen molar-refractivity contribution in [1.82, 2.24) is 4.98 Å². The monoisotopic (exact) mass is 596 g/mol. The van der Waals surface area contributed by atoms with Crippen molar-refractivity contribution in [3.8, 4) is 11.3 Å². The Morgan fingerprint density at radius 1 is 1.00 bits per heavy atom. The first kappa shape index (κ1) is 24.8. The molecule has 11 heteroatoms. The van der Waals surface area contributed by atoms with Crippen molar-refractivity contribution in [3.63, 3.8) is 0 Å². The smallest absolute Gasteiger partial charge is 0.283 e. The quantitative estimate of drug-likeness (QED) is 0.251. The van der Waals surface area contributed by atoms with E-state index in [1.54, 1.807) is 18.2 Å². The fourth-order valence-corrected chi connectivity index (χ4v) is 4.76. The van der Waals surface area contributed by atoms with Crippen LogP contribution in [0, 0.1) is 5.82 Å². The summed E-state index contributed by atoms with van der Waals surface area (Å²) in [6, 6.07) is 18.9. The summed E-state index contributed by atoms with van der Waals surface area (Å²) in [6.07, 6.45) is 0. The van der Waals surface area contributed by atoms with Crippen LogP contribution in [0.25, 0.3) is 11.3 Å². The third-order valence-corrected chi connectivity index (χ3v) is 7.01. The van der Waals surface area contributed by atoms with Gasteiger partial charge in [0.05, 0.1) is 11.4 Å². The summed E-state index contributed by atoms with van der Waals surface area (Å²) in [5, 5.41) is 7.57. The van der Waals surface area contributed by atoms with Gasteiger partial charge in [-0.25, -0.2) is 14.3 Å². The van der Waals surface area contributed by atoms with Crippen LogP contribution in [-0.2, 0) is 9.59 Å². The number of imide groups is 1. The Labute approximate surface area is 227 Å². The summed E-state index contributed by atoms with van der Waals surface area (Å²) >= 11 is 10.9. The molecule has 0 spiro atoms. The van der Waals surface area contributed by atoms with Gasteiger partial charge in [-0.05, 0) is 54.6 Å². The van der Waals surface area contributed by atoms with Gasteiger partial charge in [0.25, 0.3) is 17.7 Å². The summed E-state index contributed by atoms with van der Waals surface area (Å²) in [5.74, 6) is -2.33. The second-order valence-corrected chi connectivity index (χ2v) is 9.97. The van der Waals surface area contributed by atoms with Crippen molar-refractivity contribution in [2.75, 3.05) is 15.5 Å². The number of rotatable bonds is 6. The van der Waals surface area contributed by atoms with E-state index in [4.69, 9.17) is 11.6 Å². The highest BCUT2D eigenvalue weighted by atomic mass is 79.9. The van der Waals surface area contributed by atoms with Gasteiger partial charge in [-0.2, -0.15) is 0 Å². The van der Waals surface area contributed by atoms with Gasteiger partial charge in [-0.3, -0.25) is 19.7 Å². The topological polar surface area (TPSA) is 91.4 Å². The molecule has 1 aliphatic rings. The van der Waals surface area contributed by atoms with Crippen molar-refractivity contribution >= 4 is 73.1 Å². The normalized spacial score (nSPS) is 13.3. The number of amides is 3. The van der Waals surface area contributed by atoms with Gasteiger partial charge in [-0.1, -0.05) is 45.7 Å². The standard InChI is InChI=1S/C26H15BrClFN4O3S/c27-16-6-4-14(5-7-16)20-13-37-26(31-20)32-23(34)15-2-1-3-18(12-15)30-22-21(28)24(35)33(25(22)36)19-10-8-17(29)9-11-19/h1-13,30H,(H,31,32,34). The van der Waals surface area contributed by atoms with E-state index in [-0.39, 0.29) is 16.4 Å². The molecule has 0 radical (unpaired) electrons. The van der Waals surface area contributed by atoms with E-state index in [0.717, 1.165) is 32.8 Å². The number of anilines is 3. The minimum absolute atomic E-state index is 0.146. The fraction of sp³-hybridized carbons (Fsp3) is 0. The van der Waals surface area contributed by atoms with Gasteiger partial charge >= 0.3 is 0 Å². The van der Waals surface area contributed by atoms with Crippen molar-refractivity contribution < 1.29 is 18.8 Å². The molecule has 2 N–H and O–H groups in total. The van der Waals surface area contributed by atoms with Crippen LogP contribution in [0.2, 0.25) is 0 Å². The maximum atomic E-state index is 13.3. The van der Waals surface area contributed by atoms with Crippen LogP contribution in [0.5, 0.6) is 0 Å². The minimum atomic E-state index is -0.736. The van der Waals surface area contributed by atoms with Gasteiger partial charge in [-0.15, -0.1) is 11.3 Å². The molecule has 1 aliphatic heterocycles. The molecule has 0 saturated heterocycles. The molecule has 37 heavy (non-hydrogen) atoms. The van der Waals surface area contributed by atoms with Crippen LogP contribution in [0.15, 0.2) is 93.4 Å². The molecule has 3 aromatic carbocycles. The molecule has 0 bridgehead atoms. The molecule has 7 nitrogen and oxygen atoms in total. The molecule has 0 atom stereocenters. The lowest BCUT2D eigenvalue weighted by Crippen LogP contribution is -2.32. The van der Waals surface area contributed by atoms with Crippen molar-refractivity contribution in [2.45, 2.75) is 0 Å². The van der Waals surface area contributed by atoms with Crippen LogP contribution in [0.1, 0.15) is 10.4 Å². The number of hydrogen-bond acceptors (Lipinski definition) is 6. The number of benzene rings is 3. The highest BCUT2D eigenvalue weighted by molar-refractivity contribution is 9.10. The van der Waals surface area contributed by atoms with E-state index in [1.807, 2.05) is 29.6 Å². The number of nitrogens with one attached hydrogen (secondary N) is 2. The summed E-state index contributed by atoms with van der Waals surface area (Å²) < 4.78 is 14.2. The molecule has 0 unspecified atom stereocenters. The summed E-state index contributed by atoms with van der Waals surface area (Å²) in [5.41, 5.74) is 2.37. The summed E-state index contributed by atoms with van der Waals surface area (Å²) in [4.78, 5) is 43.7.